The van der Waals surface area contributed by atoms with E-state index in [0.29, 0.717) is 30.4 Å². The number of fused-ring (bicyclic) bond motifs is 2. The average molecular weight is 444 g/mol. The molecule has 4 aromatic rings. The van der Waals surface area contributed by atoms with Gasteiger partial charge in [0.1, 0.15) is 18.2 Å². The van der Waals surface area contributed by atoms with Crippen molar-refractivity contribution in [3.8, 4) is 11.5 Å². The highest BCUT2D eigenvalue weighted by molar-refractivity contribution is 5.97. The number of rotatable bonds is 6. The van der Waals surface area contributed by atoms with Crippen LogP contribution in [0.5, 0.6) is 11.5 Å². The van der Waals surface area contributed by atoms with E-state index in [2.05, 4.69) is 27.0 Å². The topological polar surface area (TPSA) is 94.4 Å². The van der Waals surface area contributed by atoms with Gasteiger partial charge in [-0.05, 0) is 18.2 Å². The number of methoxy groups -OCH3 is 1. The smallest absolute Gasteiger partial charge is 0.246 e. The minimum absolute atomic E-state index is 0.0872. The van der Waals surface area contributed by atoms with Crippen LogP contribution in [0.25, 0.3) is 21.8 Å². The maximum Gasteiger partial charge on any atom is 0.246 e. The van der Waals surface area contributed by atoms with Crippen LogP contribution in [0, 0.1) is 0 Å². The summed E-state index contributed by atoms with van der Waals surface area (Å²) in [6, 6.07) is 9.71. The van der Waals surface area contributed by atoms with Gasteiger partial charge in [0.05, 0.1) is 36.6 Å². The van der Waals surface area contributed by atoms with Gasteiger partial charge in [-0.2, -0.15) is 5.10 Å². The highest BCUT2D eigenvalue weighted by Crippen LogP contribution is 2.36. The van der Waals surface area contributed by atoms with Crippen LogP contribution in [0.1, 0.15) is 6.42 Å². The third-order valence-corrected chi connectivity index (χ3v) is 5.86. The molecule has 168 valence electrons. The molecular formula is C24H24N6O3. The van der Waals surface area contributed by atoms with Crippen LogP contribution in [0.15, 0.2) is 55.5 Å². The monoisotopic (exact) mass is 444 g/mol. The first kappa shape index (κ1) is 20.7. The SMILES string of the molecule is C=CC(=O)N1CCC(Oc2cc3c(Nc4cccc5cnn(C)c45)ncnc3cc2OC)C1. The fourth-order valence-corrected chi connectivity index (χ4v) is 4.21. The van der Waals surface area contributed by atoms with E-state index in [4.69, 9.17) is 9.47 Å². The molecule has 9 heteroatoms. The van der Waals surface area contributed by atoms with Crippen LogP contribution >= 0.6 is 0 Å². The number of nitrogens with zero attached hydrogens (tertiary/aromatic N) is 5. The maximum atomic E-state index is 11.9. The molecule has 2 aromatic heterocycles. The van der Waals surface area contributed by atoms with E-state index in [9.17, 15) is 4.79 Å². The standard InChI is InChI=1S/C24H24N6O3/c1-4-22(31)30-9-8-16(13-30)33-21-10-17-19(11-20(21)32-3)25-14-26-24(17)28-18-7-5-6-15-12-27-29(2)23(15)18/h4-7,10-12,14,16H,1,8-9,13H2,2-3H3,(H,25,26,28). The summed E-state index contributed by atoms with van der Waals surface area (Å²) in [4.78, 5) is 22.6. The van der Waals surface area contributed by atoms with Crippen LogP contribution in [-0.4, -0.2) is 56.9 Å². The number of aryl methyl sites for hydroxylation is 1. The molecule has 2 aromatic carbocycles. The van der Waals surface area contributed by atoms with Crippen LogP contribution < -0.4 is 14.8 Å². The lowest BCUT2D eigenvalue weighted by Gasteiger charge is -2.18. The van der Waals surface area contributed by atoms with Crippen molar-refractivity contribution in [3.63, 3.8) is 0 Å². The van der Waals surface area contributed by atoms with Crippen molar-refractivity contribution < 1.29 is 14.3 Å². The van der Waals surface area contributed by atoms with Gasteiger partial charge in [0, 0.05) is 36.9 Å². The van der Waals surface area contributed by atoms with Crippen molar-refractivity contribution in [2.75, 3.05) is 25.5 Å². The molecule has 0 aliphatic carbocycles. The number of benzene rings is 2. The van der Waals surface area contributed by atoms with E-state index in [1.54, 1.807) is 12.0 Å². The zero-order valence-electron chi connectivity index (χ0n) is 18.5. The molecule has 9 nitrogen and oxygen atoms in total. The van der Waals surface area contributed by atoms with E-state index in [0.717, 1.165) is 33.9 Å². The molecule has 33 heavy (non-hydrogen) atoms. The number of anilines is 2. The van der Waals surface area contributed by atoms with Gasteiger partial charge >= 0.3 is 0 Å². The molecule has 1 aliphatic rings. The molecule has 1 unspecified atom stereocenters. The molecule has 1 amide bonds. The molecule has 1 saturated heterocycles. The lowest BCUT2D eigenvalue weighted by molar-refractivity contribution is -0.125. The van der Waals surface area contributed by atoms with Crippen LogP contribution in [-0.2, 0) is 11.8 Å². The normalized spacial score (nSPS) is 15.7. The van der Waals surface area contributed by atoms with Gasteiger partial charge < -0.3 is 19.7 Å². The van der Waals surface area contributed by atoms with Crippen molar-refractivity contribution in [1.29, 1.82) is 0 Å². The molecule has 1 fully saturated rings. The summed E-state index contributed by atoms with van der Waals surface area (Å²) in [5.74, 6) is 1.72. The van der Waals surface area contributed by atoms with Crippen LogP contribution in [0.2, 0.25) is 0 Å². The lowest BCUT2D eigenvalue weighted by Crippen LogP contribution is -2.29. The minimum Gasteiger partial charge on any atom is -0.493 e. The second-order valence-electron chi connectivity index (χ2n) is 7.90. The number of nitrogens with one attached hydrogen (secondary N) is 1. The van der Waals surface area contributed by atoms with Gasteiger partial charge in [-0.3, -0.25) is 9.48 Å². The number of ether oxygens (including phenoxy) is 2. The molecule has 1 N–H and O–H groups in total. The maximum absolute atomic E-state index is 11.9. The Morgan fingerprint density at radius 3 is 2.97 bits per heavy atom. The summed E-state index contributed by atoms with van der Waals surface area (Å²) in [5.41, 5.74) is 2.59. The Bertz CT molecular complexity index is 1370. The van der Waals surface area contributed by atoms with E-state index >= 15 is 0 Å². The van der Waals surface area contributed by atoms with Crippen molar-refractivity contribution in [2.45, 2.75) is 12.5 Å². The lowest BCUT2D eigenvalue weighted by atomic mass is 10.2. The van der Waals surface area contributed by atoms with E-state index in [1.807, 2.05) is 48.3 Å². The van der Waals surface area contributed by atoms with Crippen molar-refractivity contribution >= 4 is 39.2 Å². The number of aromatic nitrogens is 4. The van der Waals surface area contributed by atoms with Crippen molar-refractivity contribution in [3.05, 3.63) is 55.5 Å². The summed E-state index contributed by atoms with van der Waals surface area (Å²) in [5, 5.41) is 9.61. The number of amides is 1. The Balaban J connectivity index is 1.50. The second-order valence-corrected chi connectivity index (χ2v) is 7.90. The Hall–Kier alpha value is -4.14. The fraction of sp³-hybridized carbons (Fsp3) is 0.250. The molecule has 0 spiro atoms. The first-order chi connectivity index (χ1) is 16.1. The van der Waals surface area contributed by atoms with E-state index in [-0.39, 0.29) is 12.0 Å². The summed E-state index contributed by atoms with van der Waals surface area (Å²) in [6.45, 7) is 4.70. The van der Waals surface area contributed by atoms with Crippen LogP contribution in [0.4, 0.5) is 11.5 Å². The summed E-state index contributed by atoms with van der Waals surface area (Å²) < 4.78 is 13.7. The summed E-state index contributed by atoms with van der Waals surface area (Å²) in [7, 11) is 3.50. The van der Waals surface area contributed by atoms with Gasteiger partial charge in [0.25, 0.3) is 0 Å². The second kappa shape index (κ2) is 8.42. The average Bonchev–Trinajstić information content (AvgIpc) is 3.46. The zero-order chi connectivity index (χ0) is 22.9. The number of hydrogen-bond donors (Lipinski definition) is 1. The first-order valence-electron chi connectivity index (χ1n) is 10.7. The Morgan fingerprint density at radius 2 is 2.15 bits per heavy atom. The third-order valence-electron chi connectivity index (χ3n) is 5.86. The summed E-state index contributed by atoms with van der Waals surface area (Å²) >= 11 is 0. The number of hydrogen-bond acceptors (Lipinski definition) is 7. The molecular weight excluding hydrogens is 420 g/mol. The number of para-hydroxylation sites is 1. The minimum atomic E-state index is -0.135. The van der Waals surface area contributed by atoms with E-state index < -0.39 is 0 Å². The number of likely N-dealkylation sites (tertiary alicyclic amines) is 1. The molecule has 1 aliphatic heterocycles. The van der Waals surface area contributed by atoms with Crippen molar-refractivity contribution in [2.24, 2.45) is 7.05 Å². The highest BCUT2D eigenvalue weighted by Gasteiger charge is 2.27. The molecule has 1 atom stereocenters. The van der Waals surface area contributed by atoms with E-state index in [1.165, 1.54) is 12.4 Å². The molecule has 0 radical (unpaired) electrons. The Morgan fingerprint density at radius 1 is 1.27 bits per heavy atom. The van der Waals surface area contributed by atoms with Gasteiger partial charge in [0.15, 0.2) is 11.5 Å². The number of carbonyl (C=O) groups excluding carboxylic acids is 1. The van der Waals surface area contributed by atoms with Gasteiger partial charge in [-0.15, -0.1) is 0 Å². The van der Waals surface area contributed by atoms with Gasteiger partial charge in [0.2, 0.25) is 5.91 Å². The van der Waals surface area contributed by atoms with Gasteiger partial charge in [-0.1, -0.05) is 18.7 Å². The van der Waals surface area contributed by atoms with Crippen LogP contribution in [0.3, 0.4) is 0 Å². The Kier molecular flexibility index (Phi) is 5.29. The predicted molar refractivity (Wildman–Crippen MR) is 126 cm³/mol. The molecule has 3 heterocycles. The zero-order valence-corrected chi connectivity index (χ0v) is 18.5. The third kappa shape index (κ3) is 3.82. The van der Waals surface area contributed by atoms with Gasteiger partial charge in [-0.25, -0.2) is 9.97 Å². The highest BCUT2D eigenvalue weighted by atomic mass is 16.5. The summed E-state index contributed by atoms with van der Waals surface area (Å²) in [6.07, 6.45) is 5.28. The molecule has 5 rings (SSSR count). The number of carbonyl (C=O) groups is 1. The molecule has 0 saturated carbocycles. The van der Waals surface area contributed by atoms with Crippen molar-refractivity contribution in [1.82, 2.24) is 24.6 Å². The predicted octanol–water partition coefficient (Wildman–Crippen LogP) is 3.43. The first-order valence-corrected chi connectivity index (χ1v) is 10.7. The molecule has 0 bridgehead atoms. The Labute approximate surface area is 190 Å². The largest absolute Gasteiger partial charge is 0.493 e. The quantitative estimate of drug-likeness (QED) is 0.455. The fourth-order valence-electron chi connectivity index (χ4n) is 4.21.